The summed E-state index contributed by atoms with van der Waals surface area (Å²) in [6.07, 6.45) is 8.23. The predicted molar refractivity (Wildman–Crippen MR) is 74.9 cm³/mol. The second kappa shape index (κ2) is 4.97. The smallest absolute Gasteiger partial charge is 0.00727 e. The summed E-state index contributed by atoms with van der Waals surface area (Å²) in [6.45, 7) is 11.8. The van der Waals surface area contributed by atoms with Gasteiger partial charge in [-0.05, 0) is 43.9 Å². The van der Waals surface area contributed by atoms with E-state index in [0.29, 0.717) is 12.1 Å². The third kappa shape index (κ3) is 2.49. The number of piperidine rings is 1. The van der Waals surface area contributed by atoms with Crippen LogP contribution in [0.15, 0.2) is 23.8 Å². The molecular formula is C16H27N. The Morgan fingerprint density at radius 3 is 2.12 bits per heavy atom. The van der Waals surface area contributed by atoms with E-state index in [2.05, 4.69) is 58.2 Å². The molecule has 1 saturated heterocycles. The number of rotatable bonds is 1. The van der Waals surface area contributed by atoms with Gasteiger partial charge in [0.2, 0.25) is 0 Å². The van der Waals surface area contributed by atoms with Crippen LogP contribution >= 0.6 is 0 Å². The van der Waals surface area contributed by atoms with E-state index in [4.69, 9.17) is 0 Å². The molecule has 96 valence electrons. The summed E-state index contributed by atoms with van der Waals surface area (Å²) in [5, 5.41) is 3.71. The lowest BCUT2D eigenvalue weighted by atomic mass is 9.67. The van der Waals surface area contributed by atoms with Gasteiger partial charge in [0.1, 0.15) is 0 Å². The van der Waals surface area contributed by atoms with E-state index in [1.807, 2.05) is 0 Å². The number of hydrogen-bond acceptors (Lipinski definition) is 1. The van der Waals surface area contributed by atoms with Gasteiger partial charge in [-0.25, -0.2) is 0 Å². The van der Waals surface area contributed by atoms with Crippen molar-refractivity contribution in [3.8, 4) is 0 Å². The number of hydrogen-bond donors (Lipinski definition) is 1. The summed E-state index contributed by atoms with van der Waals surface area (Å²) >= 11 is 0. The van der Waals surface area contributed by atoms with E-state index < -0.39 is 0 Å². The van der Waals surface area contributed by atoms with Gasteiger partial charge in [-0.1, -0.05) is 44.6 Å². The molecule has 1 heterocycles. The second-order valence-corrected chi connectivity index (χ2v) is 6.30. The van der Waals surface area contributed by atoms with E-state index in [1.54, 1.807) is 5.57 Å². The maximum atomic E-state index is 3.71. The Hall–Kier alpha value is -0.560. The van der Waals surface area contributed by atoms with Crippen molar-refractivity contribution < 1.29 is 0 Å². The molecule has 1 fully saturated rings. The highest BCUT2D eigenvalue weighted by molar-refractivity contribution is 5.24. The summed E-state index contributed by atoms with van der Waals surface area (Å²) in [5.74, 6) is 2.96. The molecule has 17 heavy (non-hydrogen) atoms. The lowest BCUT2D eigenvalue weighted by Crippen LogP contribution is -2.53. The lowest BCUT2D eigenvalue weighted by Gasteiger charge is -2.45. The Bertz CT molecular complexity index is 314. The number of allylic oxidation sites excluding steroid dienone is 4. The lowest BCUT2D eigenvalue weighted by molar-refractivity contribution is 0.134. The predicted octanol–water partition coefficient (Wildman–Crippen LogP) is 3.78. The van der Waals surface area contributed by atoms with Gasteiger partial charge in [-0.15, -0.1) is 0 Å². The number of nitrogens with one attached hydrogen (secondary N) is 1. The van der Waals surface area contributed by atoms with Crippen LogP contribution in [-0.4, -0.2) is 12.1 Å². The quantitative estimate of drug-likeness (QED) is 0.727. The molecule has 1 aliphatic carbocycles. The van der Waals surface area contributed by atoms with Crippen LogP contribution in [0.1, 0.15) is 41.0 Å². The van der Waals surface area contributed by atoms with Crippen LogP contribution in [0.4, 0.5) is 0 Å². The normalized spacial score (nSPS) is 46.8. The Labute approximate surface area is 106 Å². The maximum absolute atomic E-state index is 3.71. The minimum Gasteiger partial charge on any atom is -0.311 e. The SMILES string of the molecule is CC1C=CC=C(C2C(C)C(C)NC(C)C2C)C1. The van der Waals surface area contributed by atoms with Gasteiger partial charge in [0.05, 0.1) is 0 Å². The van der Waals surface area contributed by atoms with Crippen LogP contribution in [0.5, 0.6) is 0 Å². The van der Waals surface area contributed by atoms with E-state index >= 15 is 0 Å². The first-order chi connectivity index (χ1) is 8.00. The zero-order chi connectivity index (χ0) is 12.6. The van der Waals surface area contributed by atoms with Crippen LogP contribution < -0.4 is 5.32 Å². The molecule has 1 nitrogen and oxygen atoms in total. The van der Waals surface area contributed by atoms with Crippen LogP contribution in [-0.2, 0) is 0 Å². The third-order valence-corrected chi connectivity index (χ3v) is 4.97. The molecule has 5 atom stereocenters. The van der Waals surface area contributed by atoms with Crippen molar-refractivity contribution in [2.75, 3.05) is 0 Å². The molecule has 0 spiro atoms. The standard InChI is InChI=1S/C16H27N/c1-10-7-6-8-15(9-10)16-11(2)13(4)17-14(5)12(16)3/h6-8,10-14,16-17H,9H2,1-5H3. The van der Waals surface area contributed by atoms with Crippen molar-refractivity contribution in [2.24, 2.45) is 23.7 Å². The highest BCUT2D eigenvalue weighted by Gasteiger charge is 2.38. The fourth-order valence-corrected chi connectivity index (χ4v) is 3.62. The van der Waals surface area contributed by atoms with Gasteiger partial charge in [-0.2, -0.15) is 0 Å². The highest BCUT2D eigenvalue weighted by atomic mass is 15.0. The Balaban J connectivity index is 2.22. The average Bonchev–Trinajstić information content (AvgIpc) is 2.27. The molecule has 1 N–H and O–H groups in total. The van der Waals surface area contributed by atoms with Gasteiger partial charge >= 0.3 is 0 Å². The summed E-state index contributed by atoms with van der Waals surface area (Å²) in [4.78, 5) is 0. The van der Waals surface area contributed by atoms with Crippen molar-refractivity contribution in [1.29, 1.82) is 0 Å². The molecule has 5 unspecified atom stereocenters. The molecule has 0 aromatic rings. The zero-order valence-electron chi connectivity index (χ0n) is 11.9. The Kier molecular flexibility index (Phi) is 3.77. The fourth-order valence-electron chi connectivity index (χ4n) is 3.62. The third-order valence-electron chi connectivity index (χ3n) is 4.97. The van der Waals surface area contributed by atoms with Crippen molar-refractivity contribution in [1.82, 2.24) is 5.32 Å². The van der Waals surface area contributed by atoms with Crippen LogP contribution in [0.25, 0.3) is 0 Å². The average molecular weight is 233 g/mol. The van der Waals surface area contributed by atoms with Crippen molar-refractivity contribution in [3.05, 3.63) is 23.8 Å². The van der Waals surface area contributed by atoms with Gasteiger partial charge in [-0.3, -0.25) is 0 Å². The van der Waals surface area contributed by atoms with E-state index in [-0.39, 0.29) is 0 Å². The first-order valence-corrected chi connectivity index (χ1v) is 7.14. The largest absolute Gasteiger partial charge is 0.311 e. The zero-order valence-corrected chi connectivity index (χ0v) is 11.9. The van der Waals surface area contributed by atoms with Gasteiger partial charge in [0.25, 0.3) is 0 Å². The molecule has 1 aliphatic heterocycles. The molecular weight excluding hydrogens is 206 g/mol. The first kappa shape index (κ1) is 12.9. The van der Waals surface area contributed by atoms with Crippen molar-refractivity contribution >= 4 is 0 Å². The van der Waals surface area contributed by atoms with E-state index in [1.165, 1.54) is 6.42 Å². The summed E-state index contributed by atoms with van der Waals surface area (Å²) < 4.78 is 0. The summed E-state index contributed by atoms with van der Waals surface area (Å²) in [5.41, 5.74) is 1.68. The molecule has 0 saturated carbocycles. The van der Waals surface area contributed by atoms with Gasteiger partial charge in [0.15, 0.2) is 0 Å². The molecule has 2 aliphatic rings. The molecule has 1 heteroatoms. The minimum atomic E-state index is 0.633. The molecule has 0 amide bonds. The van der Waals surface area contributed by atoms with E-state index in [0.717, 1.165) is 23.7 Å². The minimum absolute atomic E-state index is 0.633. The van der Waals surface area contributed by atoms with Crippen LogP contribution in [0.3, 0.4) is 0 Å². The molecule has 2 rings (SSSR count). The van der Waals surface area contributed by atoms with Gasteiger partial charge in [0, 0.05) is 12.1 Å². The topological polar surface area (TPSA) is 12.0 Å². The summed E-state index contributed by atoms with van der Waals surface area (Å²) in [6, 6.07) is 1.27. The molecule has 0 aromatic carbocycles. The van der Waals surface area contributed by atoms with Crippen LogP contribution in [0.2, 0.25) is 0 Å². The van der Waals surface area contributed by atoms with E-state index in [9.17, 15) is 0 Å². The Morgan fingerprint density at radius 1 is 1.00 bits per heavy atom. The maximum Gasteiger partial charge on any atom is 0.00727 e. The van der Waals surface area contributed by atoms with Crippen LogP contribution in [0, 0.1) is 23.7 Å². The molecule has 0 bridgehead atoms. The first-order valence-electron chi connectivity index (χ1n) is 7.14. The Morgan fingerprint density at radius 2 is 1.59 bits per heavy atom. The fraction of sp³-hybridized carbons (Fsp3) is 0.750. The second-order valence-electron chi connectivity index (χ2n) is 6.30. The monoisotopic (exact) mass is 233 g/mol. The van der Waals surface area contributed by atoms with Crippen molar-refractivity contribution in [2.45, 2.75) is 53.1 Å². The van der Waals surface area contributed by atoms with Gasteiger partial charge < -0.3 is 5.32 Å². The summed E-state index contributed by atoms with van der Waals surface area (Å²) in [7, 11) is 0. The highest BCUT2D eigenvalue weighted by Crippen LogP contribution is 2.40. The molecule has 0 radical (unpaired) electrons. The van der Waals surface area contributed by atoms with Crippen molar-refractivity contribution in [3.63, 3.8) is 0 Å². The molecule has 0 aromatic heterocycles.